The number of nitrogens with zero attached hydrogens (tertiary/aromatic N) is 2. The number of methoxy groups -OCH3 is 2. The molecule has 1 aliphatic rings. The van der Waals surface area contributed by atoms with Crippen molar-refractivity contribution >= 4 is 29.2 Å². The number of hydrazone groups is 1. The fourth-order valence-corrected chi connectivity index (χ4v) is 3.43. The van der Waals surface area contributed by atoms with E-state index in [0.717, 1.165) is 5.56 Å². The third kappa shape index (κ3) is 4.35. The van der Waals surface area contributed by atoms with Crippen LogP contribution in [0.15, 0.2) is 41.5 Å². The van der Waals surface area contributed by atoms with Crippen molar-refractivity contribution in [2.75, 3.05) is 14.2 Å². The molecule has 29 heavy (non-hydrogen) atoms. The van der Waals surface area contributed by atoms with Crippen molar-refractivity contribution in [2.45, 2.75) is 26.3 Å². The Morgan fingerprint density at radius 1 is 1.03 bits per heavy atom. The number of ether oxygens (including phenoxy) is 3. The van der Waals surface area contributed by atoms with Crippen molar-refractivity contribution in [3.05, 3.63) is 52.5 Å². The average molecular weight is 417 g/mol. The van der Waals surface area contributed by atoms with Crippen LogP contribution in [0.5, 0.6) is 17.2 Å². The molecule has 0 bridgehead atoms. The molecule has 0 radical (unpaired) electrons. The zero-order valence-corrected chi connectivity index (χ0v) is 17.3. The molecule has 0 spiro atoms. The SMILES string of the molecule is COc1ccc(C2CC(c3cc(Cl)ccc3OC(C)=O)=NN2C(C)=O)cc1OC. The van der Waals surface area contributed by atoms with Crippen LogP contribution in [0.3, 0.4) is 0 Å². The van der Waals surface area contributed by atoms with Gasteiger partial charge >= 0.3 is 5.97 Å². The summed E-state index contributed by atoms with van der Waals surface area (Å²) in [6.07, 6.45) is 0.420. The van der Waals surface area contributed by atoms with Gasteiger partial charge in [-0.05, 0) is 35.9 Å². The van der Waals surface area contributed by atoms with Crippen LogP contribution in [0.4, 0.5) is 0 Å². The summed E-state index contributed by atoms with van der Waals surface area (Å²) >= 11 is 6.15. The van der Waals surface area contributed by atoms with E-state index in [1.165, 1.54) is 18.9 Å². The molecular weight excluding hydrogens is 396 g/mol. The second kappa shape index (κ2) is 8.53. The first-order chi connectivity index (χ1) is 13.8. The van der Waals surface area contributed by atoms with E-state index in [9.17, 15) is 9.59 Å². The van der Waals surface area contributed by atoms with Crippen molar-refractivity contribution in [1.29, 1.82) is 0 Å². The first kappa shape index (κ1) is 20.7. The van der Waals surface area contributed by atoms with Crippen molar-refractivity contribution in [2.24, 2.45) is 5.10 Å². The van der Waals surface area contributed by atoms with E-state index in [-0.39, 0.29) is 11.9 Å². The molecule has 0 saturated heterocycles. The van der Waals surface area contributed by atoms with E-state index < -0.39 is 5.97 Å². The zero-order valence-electron chi connectivity index (χ0n) is 16.6. The molecule has 1 heterocycles. The fraction of sp³-hybridized carbons (Fsp3) is 0.286. The average Bonchev–Trinajstić information content (AvgIpc) is 3.14. The Labute approximate surface area is 173 Å². The maximum absolute atomic E-state index is 12.3. The Bertz CT molecular complexity index is 989. The van der Waals surface area contributed by atoms with Gasteiger partial charge in [-0.15, -0.1) is 0 Å². The van der Waals surface area contributed by atoms with Gasteiger partial charge in [-0.1, -0.05) is 17.7 Å². The Kier molecular flexibility index (Phi) is 6.08. The van der Waals surface area contributed by atoms with Gasteiger partial charge < -0.3 is 14.2 Å². The van der Waals surface area contributed by atoms with Gasteiger partial charge in [0.2, 0.25) is 5.91 Å². The summed E-state index contributed by atoms with van der Waals surface area (Å²) in [5.74, 6) is 0.835. The van der Waals surface area contributed by atoms with Gasteiger partial charge in [0.1, 0.15) is 5.75 Å². The van der Waals surface area contributed by atoms with Crippen LogP contribution in [0, 0.1) is 0 Å². The lowest BCUT2D eigenvalue weighted by atomic mass is 9.97. The topological polar surface area (TPSA) is 77.4 Å². The van der Waals surface area contributed by atoms with Gasteiger partial charge in [-0.25, -0.2) is 5.01 Å². The van der Waals surface area contributed by atoms with Crippen LogP contribution in [0.2, 0.25) is 5.02 Å². The molecule has 2 aromatic rings. The number of benzene rings is 2. The maximum Gasteiger partial charge on any atom is 0.308 e. The summed E-state index contributed by atoms with van der Waals surface area (Å²) in [6.45, 7) is 2.77. The largest absolute Gasteiger partial charge is 0.493 e. The predicted molar refractivity (Wildman–Crippen MR) is 109 cm³/mol. The van der Waals surface area contributed by atoms with Crippen molar-refractivity contribution in [3.63, 3.8) is 0 Å². The molecule has 0 N–H and O–H groups in total. The van der Waals surface area contributed by atoms with Crippen LogP contribution < -0.4 is 14.2 Å². The van der Waals surface area contributed by atoms with Gasteiger partial charge in [0, 0.05) is 30.9 Å². The van der Waals surface area contributed by atoms with E-state index in [1.807, 2.05) is 12.1 Å². The van der Waals surface area contributed by atoms with Crippen LogP contribution in [-0.4, -0.2) is 36.8 Å². The first-order valence-electron chi connectivity index (χ1n) is 8.91. The van der Waals surface area contributed by atoms with E-state index >= 15 is 0 Å². The van der Waals surface area contributed by atoms with Crippen LogP contribution in [0.1, 0.15) is 37.4 Å². The standard InChI is InChI=1S/C21H21ClN2O5/c1-12(25)24-18(14-5-7-20(27-3)21(9-14)28-4)11-17(23-24)16-10-15(22)6-8-19(16)29-13(2)26/h5-10,18H,11H2,1-4H3. The van der Waals surface area contributed by atoms with Gasteiger partial charge in [0.15, 0.2) is 11.5 Å². The van der Waals surface area contributed by atoms with E-state index in [1.54, 1.807) is 38.5 Å². The lowest BCUT2D eigenvalue weighted by molar-refractivity contribution is -0.132. The Morgan fingerprint density at radius 3 is 2.34 bits per heavy atom. The Balaban J connectivity index is 2.01. The second-order valence-corrected chi connectivity index (χ2v) is 6.92. The summed E-state index contributed by atoms with van der Waals surface area (Å²) in [7, 11) is 3.12. The Morgan fingerprint density at radius 2 is 1.72 bits per heavy atom. The van der Waals surface area contributed by atoms with Crippen molar-refractivity contribution in [1.82, 2.24) is 5.01 Å². The molecule has 1 unspecified atom stereocenters. The number of carbonyl (C=O) groups is 2. The van der Waals surface area contributed by atoms with Crippen LogP contribution in [-0.2, 0) is 9.59 Å². The van der Waals surface area contributed by atoms with E-state index in [2.05, 4.69) is 5.10 Å². The minimum Gasteiger partial charge on any atom is -0.493 e. The van der Waals surface area contributed by atoms with Gasteiger partial charge in [0.05, 0.1) is 26.0 Å². The lowest BCUT2D eigenvalue weighted by Gasteiger charge is -2.21. The van der Waals surface area contributed by atoms with Gasteiger partial charge in [-0.3, -0.25) is 9.59 Å². The number of amides is 1. The molecule has 2 aromatic carbocycles. The lowest BCUT2D eigenvalue weighted by Crippen LogP contribution is -2.24. The highest BCUT2D eigenvalue weighted by molar-refractivity contribution is 6.31. The third-order valence-electron chi connectivity index (χ3n) is 4.53. The van der Waals surface area contributed by atoms with Crippen LogP contribution in [0.25, 0.3) is 0 Å². The smallest absolute Gasteiger partial charge is 0.308 e. The monoisotopic (exact) mass is 416 g/mol. The highest BCUT2D eigenvalue weighted by Gasteiger charge is 2.33. The number of halogens is 1. The number of hydrogen-bond donors (Lipinski definition) is 0. The van der Waals surface area contributed by atoms with Gasteiger partial charge in [0.25, 0.3) is 0 Å². The van der Waals surface area contributed by atoms with Crippen molar-refractivity contribution < 1.29 is 23.8 Å². The second-order valence-electron chi connectivity index (χ2n) is 6.48. The molecule has 1 aliphatic heterocycles. The van der Waals surface area contributed by atoms with Crippen molar-refractivity contribution in [3.8, 4) is 17.2 Å². The Hall–Kier alpha value is -3.06. The fourth-order valence-electron chi connectivity index (χ4n) is 3.25. The van der Waals surface area contributed by atoms with E-state index in [4.69, 9.17) is 25.8 Å². The quantitative estimate of drug-likeness (QED) is 0.544. The molecule has 3 rings (SSSR count). The molecule has 0 aliphatic carbocycles. The number of hydrogen-bond acceptors (Lipinski definition) is 6. The molecule has 7 nitrogen and oxygen atoms in total. The summed E-state index contributed by atoms with van der Waals surface area (Å²) in [6, 6.07) is 10.1. The number of rotatable bonds is 5. The molecule has 1 atom stereocenters. The molecule has 152 valence electrons. The summed E-state index contributed by atoms with van der Waals surface area (Å²) in [4.78, 5) is 23.7. The van der Waals surface area contributed by atoms with Gasteiger partial charge in [-0.2, -0.15) is 5.10 Å². The third-order valence-corrected chi connectivity index (χ3v) is 4.77. The molecule has 0 saturated carbocycles. The molecule has 0 fully saturated rings. The summed E-state index contributed by atoms with van der Waals surface area (Å²) in [5.41, 5.74) is 2.01. The summed E-state index contributed by atoms with van der Waals surface area (Å²) in [5, 5.41) is 6.39. The molecule has 1 amide bonds. The highest BCUT2D eigenvalue weighted by Crippen LogP contribution is 2.39. The zero-order chi connectivity index (χ0) is 21.1. The highest BCUT2D eigenvalue weighted by atomic mass is 35.5. The number of esters is 1. The molecule has 0 aromatic heterocycles. The maximum atomic E-state index is 12.3. The minimum absolute atomic E-state index is 0.212. The summed E-state index contributed by atoms with van der Waals surface area (Å²) < 4.78 is 16.0. The minimum atomic E-state index is -0.452. The normalized spacial score (nSPS) is 15.7. The first-order valence-corrected chi connectivity index (χ1v) is 9.29. The predicted octanol–water partition coefficient (Wildman–Crippen LogP) is 3.98. The van der Waals surface area contributed by atoms with E-state index in [0.29, 0.717) is 40.0 Å². The molecule has 8 heteroatoms. The van der Waals surface area contributed by atoms with Crippen LogP contribution >= 0.6 is 11.6 Å². The number of carbonyl (C=O) groups excluding carboxylic acids is 2. The molecular formula is C21H21ClN2O5.